The summed E-state index contributed by atoms with van der Waals surface area (Å²) in [5.41, 5.74) is 10.2. The van der Waals surface area contributed by atoms with E-state index in [0.29, 0.717) is 36.3 Å². The first-order valence-electron chi connectivity index (χ1n) is 10.2. The van der Waals surface area contributed by atoms with Gasteiger partial charge < -0.3 is 11.1 Å². The maximum absolute atomic E-state index is 12.1. The van der Waals surface area contributed by atoms with Gasteiger partial charge in [-0.1, -0.05) is 13.0 Å². The molecule has 10 heteroatoms. The van der Waals surface area contributed by atoms with Gasteiger partial charge in [0.1, 0.15) is 0 Å². The maximum Gasteiger partial charge on any atom is 0.269 e. The van der Waals surface area contributed by atoms with Crippen LogP contribution in [-0.2, 0) is 27.7 Å². The van der Waals surface area contributed by atoms with Crippen molar-refractivity contribution >= 4 is 27.5 Å². The lowest BCUT2D eigenvalue weighted by Gasteiger charge is -2.20. The highest BCUT2D eigenvalue weighted by Crippen LogP contribution is 2.38. The average molecular weight is 454 g/mol. The molecule has 2 aromatic carbocycles. The van der Waals surface area contributed by atoms with Crippen LogP contribution in [0.1, 0.15) is 41.4 Å². The van der Waals surface area contributed by atoms with Gasteiger partial charge in [-0.05, 0) is 61.2 Å². The summed E-state index contributed by atoms with van der Waals surface area (Å²) in [7, 11) is -3.84. The third-order valence-electron chi connectivity index (χ3n) is 5.40. The van der Waals surface area contributed by atoms with E-state index in [9.17, 15) is 18.0 Å². The lowest BCUT2D eigenvalue weighted by Crippen LogP contribution is -2.15. The Morgan fingerprint density at radius 1 is 1.12 bits per heavy atom. The predicted molar refractivity (Wildman–Crippen MR) is 120 cm³/mol. The summed E-state index contributed by atoms with van der Waals surface area (Å²) >= 11 is 0. The van der Waals surface area contributed by atoms with Crippen LogP contribution in [-0.4, -0.2) is 30.0 Å². The number of benzene rings is 2. The number of amides is 2. The minimum absolute atomic E-state index is 0.0290. The third kappa shape index (κ3) is 4.02. The van der Waals surface area contributed by atoms with Crippen LogP contribution in [0.25, 0.3) is 16.9 Å². The molecule has 4 rings (SSSR count). The highest BCUT2D eigenvalue weighted by atomic mass is 32.2. The molecule has 32 heavy (non-hydrogen) atoms. The number of carbonyl (C=O) groups excluding carboxylic acids is 2. The Bertz CT molecular complexity index is 1330. The number of nitrogens with one attached hydrogen (secondary N) is 1. The van der Waals surface area contributed by atoms with Crippen molar-refractivity contribution in [3.63, 3.8) is 0 Å². The number of fused-ring (bicyclic) bond motifs is 3. The Labute approximate surface area is 185 Å². The first kappa shape index (κ1) is 21.7. The van der Waals surface area contributed by atoms with E-state index in [2.05, 4.69) is 10.4 Å². The van der Waals surface area contributed by atoms with Crippen molar-refractivity contribution in [1.82, 2.24) is 9.78 Å². The summed E-state index contributed by atoms with van der Waals surface area (Å²) in [6.45, 7) is 1.93. The zero-order valence-corrected chi connectivity index (χ0v) is 18.3. The molecule has 0 atom stereocenters. The number of carbonyl (C=O) groups is 2. The van der Waals surface area contributed by atoms with Crippen LogP contribution in [0.15, 0.2) is 47.4 Å². The van der Waals surface area contributed by atoms with Gasteiger partial charge >= 0.3 is 0 Å². The second kappa shape index (κ2) is 8.21. The molecule has 2 amide bonds. The largest absolute Gasteiger partial charge is 0.364 e. The van der Waals surface area contributed by atoms with Gasteiger partial charge in [0.25, 0.3) is 5.91 Å². The van der Waals surface area contributed by atoms with E-state index in [-0.39, 0.29) is 16.5 Å². The molecule has 0 bridgehead atoms. The van der Waals surface area contributed by atoms with Gasteiger partial charge in [-0.25, -0.2) is 18.2 Å². The summed E-state index contributed by atoms with van der Waals surface area (Å²) in [5, 5.41) is 12.5. The maximum atomic E-state index is 12.1. The summed E-state index contributed by atoms with van der Waals surface area (Å²) in [6, 6.07) is 11.6. The number of aryl methyl sites for hydroxylation is 1. The Kier molecular flexibility index (Phi) is 5.57. The molecular weight excluding hydrogens is 430 g/mol. The van der Waals surface area contributed by atoms with E-state index < -0.39 is 15.9 Å². The fraction of sp³-hybridized carbons (Fsp3) is 0.227. The van der Waals surface area contributed by atoms with Gasteiger partial charge in [0.2, 0.25) is 15.9 Å². The standard InChI is InChI=1S/C22H23N5O4S/c1-2-3-19(28)25-14-6-4-13-5-11-17-20(22(23)29)26-27(21(17)18(13)12-14)15-7-9-16(10-8-15)32(24,30)31/h4,6-10,12H,2-3,5,11H2,1H3,(H2,23,29)(H,25,28)(H2,24,30,31). The first-order valence-corrected chi connectivity index (χ1v) is 11.7. The minimum atomic E-state index is -3.84. The van der Waals surface area contributed by atoms with E-state index in [1.807, 2.05) is 25.1 Å². The molecule has 166 valence electrons. The fourth-order valence-corrected chi connectivity index (χ4v) is 4.44. The summed E-state index contributed by atoms with van der Waals surface area (Å²) < 4.78 is 24.8. The molecule has 0 spiro atoms. The van der Waals surface area contributed by atoms with Gasteiger partial charge in [0.15, 0.2) is 5.69 Å². The van der Waals surface area contributed by atoms with Gasteiger partial charge in [-0.15, -0.1) is 0 Å². The Morgan fingerprint density at radius 3 is 2.47 bits per heavy atom. The number of nitrogens with two attached hydrogens (primary N) is 2. The number of sulfonamides is 1. The molecule has 5 N–H and O–H groups in total. The van der Waals surface area contributed by atoms with E-state index in [0.717, 1.165) is 23.1 Å². The second-order valence-corrected chi connectivity index (χ2v) is 9.22. The number of hydrogen-bond donors (Lipinski definition) is 3. The van der Waals surface area contributed by atoms with Crippen molar-refractivity contribution in [3.8, 4) is 16.9 Å². The molecule has 3 aromatic rings. The molecular formula is C22H23N5O4S. The average Bonchev–Trinajstić information content (AvgIpc) is 3.14. The molecule has 0 saturated carbocycles. The normalized spacial score (nSPS) is 12.7. The highest BCUT2D eigenvalue weighted by Gasteiger charge is 2.28. The van der Waals surface area contributed by atoms with Crippen molar-refractivity contribution in [2.24, 2.45) is 10.9 Å². The lowest BCUT2D eigenvalue weighted by atomic mass is 9.88. The highest BCUT2D eigenvalue weighted by molar-refractivity contribution is 7.89. The van der Waals surface area contributed by atoms with E-state index >= 15 is 0 Å². The number of hydrogen-bond acceptors (Lipinski definition) is 5. The van der Waals surface area contributed by atoms with E-state index in [1.165, 1.54) is 12.1 Å². The van der Waals surface area contributed by atoms with Crippen LogP contribution >= 0.6 is 0 Å². The predicted octanol–water partition coefficient (Wildman–Crippen LogP) is 2.12. The minimum Gasteiger partial charge on any atom is -0.364 e. The summed E-state index contributed by atoms with van der Waals surface area (Å²) in [5.74, 6) is -0.717. The molecule has 0 unspecified atom stereocenters. The molecule has 1 aromatic heterocycles. The summed E-state index contributed by atoms with van der Waals surface area (Å²) in [4.78, 5) is 24.1. The Morgan fingerprint density at radius 2 is 1.84 bits per heavy atom. The zero-order valence-electron chi connectivity index (χ0n) is 17.5. The van der Waals surface area contributed by atoms with Crippen molar-refractivity contribution in [2.75, 3.05) is 5.32 Å². The number of rotatable bonds is 6. The number of nitrogens with zero attached hydrogens (tertiary/aromatic N) is 2. The smallest absolute Gasteiger partial charge is 0.269 e. The van der Waals surface area contributed by atoms with E-state index in [1.54, 1.807) is 16.8 Å². The van der Waals surface area contributed by atoms with Crippen molar-refractivity contribution in [3.05, 3.63) is 59.3 Å². The quantitative estimate of drug-likeness (QED) is 0.522. The number of primary sulfonamides is 1. The van der Waals surface area contributed by atoms with Crippen LogP contribution in [0, 0.1) is 0 Å². The van der Waals surface area contributed by atoms with E-state index in [4.69, 9.17) is 10.9 Å². The van der Waals surface area contributed by atoms with Crippen LogP contribution in [0.5, 0.6) is 0 Å². The number of aromatic nitrogens is 2. The van der Waals surface area contributed by atoms with Gasteiger partial charge in [0, 0.05) is 23.2 Å². The molecule has 0 saturated heterocycles. The fourth-order valence-electron chi connectivity index (χ4n) is 3.93. The van der Waals surface area contributed by atoms with Crippen molar-refractivity contribution in [2.45, 2.75) is 37.5 Å². The number of anilines is 1. The van der Waals surface area contributed by atoms with Crippen LogP contribution in [0.2, 0.25) is 0 Å². The zero-order chi connectivity index (χ0) is 23.0. The van der Waals surface area contributed by atoms with Crippen molar-refractivity contribution in [1.29, 1.82) is 0 Å². The first-order chi connectivity index (χ1) is 15.2. The van der Waals surface area contributed by atoms with Crippen LogP contribution in [0.3, 0.4) is 0 Å². The van der Waals surface area contributed by atoms with Gasteiger partial charge in [0.05, 0.1) is 16.3 Å². The second-order valence-electron chi connectivity index (χ2n) is 7.66. The molecule has 1 heterocycles. The SMILES string of the molecule is CCCC(=O)Nc1ccc2c(c1)-c1c(c(C(N)=O)nn1-c1ccc(S(N)(=O)=O)cc1)CC2. The molecule has 9 nitrogen and oxygen atoms in total. The van der Waals surface area contributed by atoms with Gasteiger partial charge in [-0.2, -0.15) is 5.10 Å². The molecule has 1 aliphatic carbocycles. The monoisotopic (exact) mass is 453 g/mol. The number of primary amides is 1. The third-order valence-corrected chi connectivity index (χ3v) is 6.33. The van der Waals surface area contributed by atoms with Crippen LogP contribution < -0.4 is 16.2 Å². The summed E-state index contributed by atoms with van der Waals surface area (Å²) in [6.07, 6.45) is 2.44. The molecule has 1 aliphatic rings. The van der Waals surface area contributed by atoms with Crippen LogP contribution in [0.4, 0.5) is 5.69 Å². The Balaban J connectivity index is 1.86. The lowest BCUT2D eigenvalue weighted by molar-refractivity contribution is -0.116. The molecule has 0 radical (unpaired) electrons. The Hall–Kier alpha value is -3.50. The topological polar surface area (TPSA) is 150 Å². The molecule has 0 aliphatic heterocycles. The molecule has 0 fully saturated rings. The van der Waals surface area contributed by atoms with Crippen molar-refractivity contribution < 1.29 is 18.0 Å². The van der Waals surface area contributed by atoms with Gasteiger partial charge in [-0.3, -0.25) is 9.59 Å².